The second-order valence-electron chi connectivity index (χ2n) is 5.55. The van der Waals surface area contributed by atoms with Crippen molar-refractivity contribution in [3.63, 3.8) is 0 Å². The molecular formula is C18H19ClFN3. The van der Waals surface area contributed by atoms with Crippen molar-refractivity contribution in [3.05, 3.63) is 71.0 Å². The van der Waals surface area contributed by atoms with Gasteiger partial charge in [-0.1, -0.05) is 24.3 Å². The minimum atomic E-state index is -0.193. The first-order valence-electron chi connectivity index (χ1n) is 7.45. The summed E-state index contributed by atoms with van der Waals surface area (Å²) >= 11 is 0. The molecule has 0 amide bonds. The van der Waals surface area contributed by atoms with Crippen LogP contribution in [0, 0.1) is 17.1 Å². The van der Waals surface area contributed by atoms with Crippen LogP contribution >= 0.6 is 12.4 Å². The summed E-state index contributed by atoms with van der Waals surface area (Å²) in [4.78, 5) is 2.35. The first kappa shape index (κ1) is 17.4. The van der Waals surface area contributed by atoms with E-state index in [-0.39, 0.29) is 24.3 Å². The van der Waals surface area contributed by atoms with Crippen LogP contribution in [0.15, 0.2) is 48.5 Å². The molecule has 5 heteroatoms. The van der Waals surface area contributed by atoms with Gasteiger partial charge in [0, 0.05) is 32.2 Å². The highest BCUT2D eigenvalue weighted by Crippen LogP contribution is 2.24. The van der Waals surface area contributed by atoms with Crippen molar-refractivity contribution in [2.24, 2.45) is 0 Å². The van der Waals surface area contributed by atoms with Crippen molar-refractivity contribution in [2.45, 2.75) is 12.6 Å². The first-order chi connectivity index (χ1) is 10.8. The molecule has 0 bridgehead atoms. The van der Waals surface area contributed by atoms with Gasteiger partial charge in [0.15, 0.2) is 0 Å². The maximum atomic E-state index is 13.5. The van der Waals surface area contributed by atoms with Gasteiger partial charge in [0.1, 0.15) is 5.82 Å². The number of nitrogens with zero attached hydrogens (tertiary/aromatic N) is 2. The normalized spacial score (nSPS) is 18.0. The molecule has 3 nitrogen and oxygen atoms in total. The maximum Gasteiger partial charge on any atom is 0.123 e. The summed E-state index contributed by atoms with van der Waals surface area (Å²) in [5.74, 6) is -0.193. The van der Waals surface area contributed by atoms with Crippen LogP contribution in [-0.2, 0) is 6.54 Å². The third-order valence-electron chi connectivity index (χ3n) is 4.06. The highest BCUT2D eigenvalue weighted by molar-refractivity contribution is 5.85. The smallest absolute Gasteiger partial charge is 0.123 e. The largest absolute Gasteiger partial charge is 0.314 e. The van der Waals surface area contributed by atoms with Gasteiger partial charge in [0.25, 0.3) is 0 Å². The molecule has 2 aromatic rings. The SMILES string of the molecule is Cl.N#Cc1ccc(CN2CCNCC2c2cccc(F)c2)cc1. The van der Waals surface area contributed by atoms with Gasteiger partial charge >= 0.3 is 0 Å². The molecule has 1 heterocycles. The molecule has 0 aromatic heterocycles. The fraction of sp³-hybridized carbons (Fsp3) is 0.278. The average molecular weight is 332 g/mol. The Labute approximate surface area is 142 Å². The molecule has 23 heavy (non-hydrogen) atoms. The van der Waals surface area contributed by atoms with Crippen LogP contribution in [0.4, 0.5) is 4.39 Å². The second-order valence-corrected chi connectivity index (χ2v) is 5.55. The van der Waals surface area contributed by atoms with E-state index < -0.39 is 0 Å². The lowest BCUT2D eigenvalue weighted by Crippen LogP contribution is -2.45. The van der Waals surface area contributed by atoms with Gasteiger partial charge in [-0.25, -0.2) is 4.39 Å². The fourth-order valence-electron chi connectivity index (χ4n) is 2.90. The molecule has 0 spiro atoms. The van der Waals surface area contributed by atoms with Crippen LogP contribution in [0.5, 0.6) is 0 Å². The predicted molar refractivity (Wildman–Crippen MR) is 90.8 cm³/mol. The van der Waals surface area contributed by atoms with E-state index in [1.165, 1.54) is 11.6 Å². The summed E-state index contributed by atoms with van der Waals surface area (Å²) in [6, 6.07) is 16.8. The minimum Gasteiger partial charge on any atom is -0.314 e. The van der Waals surface area contributed by atoms with Crippen molar-refractivity contribution in [1.82, 2.24) is 10.2 Å². The zero-order valence-corrected chi connectivity index (χ0v) is 13.5. The molecule has 1 aliphatic heterocycles. The highest BCUT2D eigenvalue weighted by atomic mass is 35.5. The van der Waals surface area contributed by atoms with Crippen molar-refractivity contribution in [1.29, 1.82) is 5.26 Å². The highest BCUT2D eigenvalue weighted by Gasteiger charge is 2.23. The Kier molecular flexibility index (Phi) is 6.12. The summed E-state index contributed by atoms with van der Waals surface area (Å²) in [7, 11) is 0. The minimum absolute atomic E-state index is 0. The molecule has 1 unspecified atom stereocenters. The predicted octanol–water partition coefficient (Wildman–Crippen LogP) is 3.27. The zero-order valence-electron chi connectivity index (χ0n) is 12.7. The lowest BCUT2D eigenvalue weighted by atomic mass is 10.0. The van der Waals surface area contributed by atoms with E-state index in [9.17, 15) is 4.39 Å². The summed E-state index contributed by atoms with van der Waals surface area (Å²) in [6.07, 6.45) is 0. The van der Waals surface area contributed by atoms with Gasteiger partial charge in [0.2, 0.25) is 0 Å². The third-order valence-corrected chi connectivity index (χ3v) is 4.06. The molecule has 3 rings (SSSR count). The van der Waals surface area contributed by atoms with Crippen LogP contribution in [0.3, 0.4) is 0 Å². The van der Waals surface area contributed by atoms with Gasteiger partial charge in [-0.05, 0) is 35.4 Å². The van der Waals surface area contributed by atoms with E-state index in [4.69, 9.17) is 5.26 Å². The molecule has 0 aliphatic carbocycles. The molecule has 1 N–H and O–H groups in total. The Morgan fingerprint density at radius 1 is 1.22 bits per heavy atom. The molecule has 2 aromatic carbocycles. The number of piperazine rings is 1. The van der Waals surface area contributed by atoms with Gasteiger partial charge in [-0.2, -0.15) is 5.26 Å². The molecule has 0 radical (unpaired) electrons. The summed E-state index contributed by atoms with van der Waals surface area (Å²) in [5, 5.41) is 12.2. The maximum absolute atomic E-state index is 13.5. The van der Waals surface area contributed by atoms with Gasteiger partial charge < -0.3 is 5.32 Å². The molecule has 1 saturated heterocycles. The van der Waals surface area contributed by atoms with Crippen molar-refractivity contribution < 1.29 is 4.39 Å². The molecule has 1 fully saturated rings. The molecular weight excluding hydrogens is 313 g/mol. The fourth-order valence-corrected chi connectivity index (χ4v) is 2.90. The standard InChI is InChI=1S/C18H18FN3.ClH/c19-17-3-1-2-16(10-17)18-12-21-8-9-22(18)13-15-6-4-14(11-20)5-7-15;/h1-7,10,18,21H,8-9,12-13H2;1H. The van der Waals surface area contributed by atoms with Crippen molar-refractivity contribution >= 4 is 12.4 Å². The summed E-state index contributed by atoms with van der Waals surface area (Å²) < 4.78 is 13.5. The van der Waals surface area contributed by atoms with E-state index in [0.717, 1.165) is 31.7 Å². The number of nitrogens with one attached hydrogen (secondary N) is 1. The van der Waals surface area contributed by atoms with E-state index in [0.29, 0.717) is 5.56 Å². The van der Waals surface area contributed by atoms with Crippen LogP contribution < -0.4 is 5.32 Å². The third kappa shape index (κ3) is 4.29. The van der Waals surface area contributed by atoms with Crippen molar-refractivity contribution in [3.8, 4) is 6.07 Å². The number of rotatable bonds is 3. The number of nitriles is 1. The van der Waals surface area contributed by atoms with E-state index in [1.807, 2.05) is 30.3 Å². The lowest BCUT2D eigenvalue weighted by molar-refractivity contribution is 0.153. The monoisotopic (exact) mass is 331 g/mol. The van der Waals surface area contributed by atoms with Crippen LogP contribution in [0.1, 0.15) is 22.7 Å². The van der Waals surface area contributed by atoms with E-state index in [1.54, 1.807) is 12.1 Å². The Morgan fingerprint density at radius 2 is 2.00 bits per heavy atom. The Balaban J connectivity index is 0.00000192. The van der Waals surface area contributed by atoms with Crippen LogP contribution in [0.25, 0.3) is 0 Å². The Morgan fingerprint density at radius 3 is 2.70 bits per heavy atom. The van der Waals surface area contributed by atoms with Gasteiger partial charge in [-0.15, -0.1) is 12.4 Å². The number of benzene rings is 2. The first-order valence-corrected chi connectivity index (χ1v) is 7.45. The van der Waals surface area contributed by atoms with Gasteiger partial charge in [-0.3, -0.25) is 4.90 Å². The molecule has 0 saturated carbocycles. The van der Waals surface area contributed by atoms with Crippen LogP contribution in [-0.4, -0.2) is 24.5 Å². The molecule has 1 atom stereocenters. The molecule has 1 aliphatic rings. The molecule has 120 valence electrons. The number of hydrogen-bond acceptors (Lipinski definition) is 3. The Bertz CT molecular complexity index is 681. The van der Waals surface area contributed by atoms with Gasteiger partial charge in [0.05, 0.1) is 11.6 Å². The average Bonchev–Trinajstić information content (AvgIpc) is 2.56. The quantitative estimate of drug-likeness (QED) is 0.938. The zero-order chi connectivity index (χ0) is 15.4. The topological polar surface area (TPSA) is 39.1 Å². The van der Waals surface area contributed by atoms with E-state index in [2.05, 4.69) is 16.3 Å². The van der Waals surface area contributed by atoms with Crippen molar-refractivity contribution in [2.75, 3.05) is 19.6 Å². The number of halogens is 2. The number of hydrogen-bond donors (Lipinski definition) is 1. The summed E-state index contributed by atoms with van der Waals surface area (Å²) in [6.45, 7) is 3.47. The van der Waals surface area contributed by atoms with Crippen LogP contribution in [0.2, 0.25) is 0 Å². The summed E-state index contributed by atoms with van der Waals surface area (Å²) in [5.41, 5.74) is 2.84. The van der Waals surface area contributed by atoms with E-state index >= 15 is 0 Å². The lowest BCUT2D eigenvalue weighted by Gasteiger charge is -2.36. The second kappa shape index (κ2) is 8.07. The Hall–Kier alpha value is -1.93.